The van der Waals surface area contributed by atoms with Gasteiger partial charge in [-0.1, -0.05) is 74.6 Å². The Balaban J connectivity index is 1.26. The number of ether oxygens (including phenoxy) is 2. The molecule has 0 aliphatic heterocycles. The summed E-state index contributed by atoms with van der Waals surface area (Å²) in [7, 11) is 1.66. The number of nitrogens with one attached hydrogen (secondary N) is 1. The summed E-state index contributed by atoms with van der Waals surface area (Å²) in [5.74, 6) is 2.60. The lowest BCUT2D eigenvalue weighted by Crippen LogP contribution is -2.19. The van der Waals surface area contributed by atoms with E-state index in [9.17, 15) is 4.79 Å². The van der Waals surface area contributed by atoms with Crippen LogP contribution in [0, 0.1) is 5.92 Å². The number of hydrogen-bond donors (Lipinski definition) is 1. The molecule has 0 bridgehead atoms. The SMILES string of the molecule is COc1ccc(-c2cnc(NC(=O)Cc3ccc(OCc4ccccc4)cc3)c(CC3CCCCC3)n2)cc1. The van der Waals surface area contributed by atoms with E-state index in [1.54, 1.807) is 13.3 Å². The number of rotatable bonds is 10. The van der Waals surface area contributed by atoms with Gasteiger partial charge in [0.25, 0.3) is 0 Å². The maximum atomic E-state index is 13.0. The van der Waals surface area contributed by atoms with Gasteiger partial charge in [-0.25, -0.2) is 9.97 Å². The second kappa shape index (κ2) is 13.1. The molecule has 4 aromatic rings. The van der Waals surface area contributed by atoms with Crippen LogP contribution >= 0.6 is 0 Å². The lowest BCUT2D eigenvalue weighted by molar-refractivity contribution is -0.115. The lowest BCUT2D eigenvalue weighted by atomic mass is 9.86. The standard InChI is InChI=1S/C33H35N3O3/c1-38-28-18-14-27(15-19-28)31-22-34-33(30(35-31)20-24-8-4-2-5-9-24)36-32(37)21-25-12-16-29(17-13-25)39-23-26-10-6-3-7-11-26/h3,6-7,10-19,22,24H,2,4-5,8-9,20-21,23H2,1H3,(H,34,36,37). The van der Waals surface area contributed by atoms with Gasteiger partial charge < -0.3 is 14.8 Å². The fourth-order valence-corrected chi connectivity index (χ4v) is 5.05. The van der Waals surface area contributed by atoms with Crippen LogP contribution in [0.15, 0.2) is 85.1 Å². The van der Waals surface area contributed by atoms with E-state index in [1.165, 1.54) is 32.1 Å². The number of anilines is 1. The summed E-state index contributed by atoms with van der Waals surface area (Å²) in [6, 6.07) is 25.5. The molecule has 200 valence electrons. The van der Waals surface area contributed by atoms with E-state index in [4.69, 9.17) is 14.5 Å². The molecule has 1 fully saturated rings. The van der Waals surface area contributed by atoms with Gasteiger partial charge in [-0.05, 0) is 59.9 Å². The molecule has 0 radical (unpaired) electrons. The fraction of sp³-hybridized carbons (Fsp3) is 0.303. The molecule has 5 rings (SSSR count). The molecule has 6 heteroatoms. The van der Waals surface area contributed by atoms with Crippen LogP contribution in [0.1, 0.15) is 48.9 Å². The van der Waals surface area contributed by atoms with Gasteiger partial charge in [0.2, 0.25) is 5.91 Å². The van der Waals surface area contributed by atoms with Crippen LogP contribution in [0.5, 0.6) is 11.5 Å². The number of carbonyl (C=O) groups is 1. The Hall–Kier alpha value is -4.19. The molecule has 1 aromatic heterocycles. The second-order valence-corrected chi connectivity index (χ2v) is 10.1. The van der Waals surface area contributed by atoms with Gasteiger partial charge in [-0.3, -0.25) is 4.79 Å². The highest BCUT2D eigenvalue weighted by Crippen LogP contribution is 2.30. The van der Waals surface area contributed by atoms with Gasteiger partial charge >= 0.3 is 0 Å². The van der Waals surface area contributed by atoms with Crippen molar-refractivity contribution in [2.24, 2.45) is 5.92 Å². The molecule has 1 aliphatic carbocycles. The number of benzene rings is 3. The Morgan fingerprint density at radius 1 is 0.872 bits per heavy atom. The first-order valence-electron chi connectivity index (χ1n) is 13.7. The summed E-state index contributed by atoms with van der Waals surface area (Å²) in [5, 5.41) is 3.04. The number of hydrogen-bond acceptors (Lipinski definition) is 5. The maximum Gasteiger partial charge on any atom is 0.229 e. The minimum atomic E-state index is -0.107. The lowest BCUT2D eigenvalue weighted by Gasteiger charge is -2.22. The average molecular weight is 522 g/mol. The van der Waals surface area contributed by atoms with Crippen molar-refractivity contribution in [3.8, 4) is 22.8 Å². The summed E-state index contributed by atoms with van der Waals surface area (Å²) in [4.78, 5) is 22.7. The van der Waals surface area contributed by atoms with E-state index in [0.717, 1.165) is 46.0 Å². The second-order valence-electron chi connectivity index (χ2n) is 10.1. The molecule has 1 aliphatic rings. The molecule has 39 heavy (non-hydrogen) atoms. The Morgan fingerprint density at radius 2 is 1.59 bits per heavy atom. The van der Waals surface area contributed by atoms with Crippen molar-refractivity contribution >= 4 is 11.7 Å². The number of methoxy groups -OCH3 is 1. The van der Waals surface area contributed by atoms with E-state index in [0.29, 0.717) is 18.3 Å². The molecule has 3 aromatic carbocycles. The molecule has 0 atom stereocenters. The van der Waals surface area contributed by atoms with Crippen molar-refractivity contribution in [2.75, 3.05) is 12.4 Å². The molecular weight excluding hydrogens is 486 g/mol. The number of amides is 1. The monoisotopic (exact) mass is 521 g/mol. The van der Waals surface area contributed by atoms with Crippen LogP contribution in [0.3, 0.4) is 0 Å². The van der Waals surface area contributed by atoms with Gasteiger partial charge in [0, 0.05) is 5.56 Å². The summed E-state index contributed by atoms with van der Waals surface area (Å²) in [6.45, 7) is 0.510. The topological polar surface area (TPSA) is 73.3 Å². The zero-order valence-corrected chi connectivity index (χ0v) is 22.4. The van der Waals surface area contributed by atoms with Gasteiger partial charge in [0.1, 0.15) is 18.1 Å². The molecule has 0 spiro atoms. The average Bonchev–Trinajstić information content (AvgIpc) is 2.99. The first-order chi connectivity index (χ1) is 19.2. The van der Waals surface area contributed by atoms with Crippen molar-refractivity contribution in [3.05, 3.63) is 102 Å². The fourth-order valence-electron chi connectivity index (χ4n) is 5.05. The molecule has 1 saturated carbocycles. The minimum absolute atomic E-state index is 0.107. The van der Waals surface area contributed by atoms with Crippen molar-refractivity contribution in [1.82, 2.24) is 9.97 Å². The van der Waals surface area contributed by atoms with E-state index >= 15 is 0 Å². The highest BCUT2D eigenvalue weighted by Gasteiger charge is 2.19. The summed E-state index contributed by atoms with van der Waals surface area (Å²) in [6.07, 6.45) is 9.01. The summed E-state index contributed by atoms with van der Waals surface area (Å²) < 4.78 is 11.2. The normalized spacial score (nSPS) is 13.6. The Morgan fingerprint density at radius 3 is 2.31 bits per heavy atom. The van der Waals surface area contributed by atoms with Crippen LogP contribution in [-0.4, -0.2) is 23.0 Å². The van der Waals surface area contributed by atoms with Gasteiger partial charge in [-0.15, -0.1) is 0 Å². The molecule has 0 unspecified atom stereocenters. The van der Waals surface area contributed by atoms with E-state index in [-0.39, 0.29) is 12.3 Å². The number of carbonyl (C=O) groups excluding carboxylic acids is 1. The van der Waals surface area contributed by atoms with Gasteiger partial charge in [-0.2, -0.15) is 0 Å². The largest absolute Gasteiger partial charge is 0.497 e. The highest BCUT2D eigenvalue weighted by molar-refractivity contribution is 5.92. The van der Waals surface area contributed by atoms with Crippen molar-refractivity contribution in [3.63, 3.8) is 0 Å². The Bertz CT molecular complexity index is 1350. The molecule has 6 nitrogen and oxygen atoms in total. The predicted octanol–water partition coefficient (Wildman–Crippen LogP) is 7.04. The van der Waals surface area contributed by atoms with Crippen molar-refractivity contribution in [2.45, 2.75) is 51.6 Å². The summed E-state index contributed by atoms with van der Waals surface area (Å²) in [5.41, 5.74) is 4.65. The van der Waals surface area contributed by atoms with Crippen molar-refractivity contribution < 1.29 is 14.3 Å². The third kappa shape index (κ3) is 7.44. The molecule has 1 N–H and O–H groups in total. The van der Waals surface area contributed by atoms with E-state index in [1.807, 2.05) is 78.9 Å². The minimum Gasteiger partial charge on any atom is -0.497 e. The summed E-state index contributed by atoms with van der Waals surface area (Å²) >= 11 is 0. The van der Waals surface area contributed by atoms with Crippen LogP contribution in [0.25, 0.3) is 11.3 Å². The third-order valence-electron chi connectivity index (χ3n) is 7.23. The van der Waals surface area contributed by atoms with Gasteiger partial charge in [0.05, 0.1) is 31.1 Å². The molecular formula is C33H35N3O3. The predicted molar refractivity (Wildman–Crippen MR) is 154 cm³/mol. The first-order valence-corrected chi connectivity index (χ1v) is 13.7. The molecule has 1 heterocycles. The van der Waals surface area contributed by atoms with Crippen LogP contribution in [0.4, 0.5) is 5.82 Å². The number of aromatic nitrogens is 2. The Labute approximate surface area is 230 Å². The van der Waals surface area contributed by atoms with Gasteiger partial charge in [0.15, 0.2) is 5.82 Å². The van der Waals surface area contributed by atoms with E-state index in [2.05, 4.69) is 10.3 Å². The Kier molecular flexibility index (Phi) is 8.84. The van der Waals surface area contributed by atoms with Crippen molar-refractivity contribution in [1.29, 1.82) is 0 Å². The van der Waals surface area contributed by atoms with Crippen LogP contribution in [0.2, 0.25) is 0 Å². The van der Waals surface area contributed by atoms with Crippen LogP contribution < -0.4 is 14.8 Å². The third-order valence-corrected chi connectivity index (χ3v) is 7.23. The number of nitrogens with zero attached hydrogens (tertiary/aromatic N) is 2. The molecule has 1 amide bonds. The quantitative estimate of drug-likeness (QED) is 0.242. The zero-order valence-electron chi connectivity index (χ0n) is 22.4. The highest BCUT2D eigenvalue weighted by atomic mass is 16.5. The van der Waals surface area contributed by atoms with Crippen LogP contribution in [-0.2, 0) is 24.2 Å². The smallest absolute Gasteiger partial charge is 0.229 e. The first kappa shape index (κ1) is 26.4. The molecule has 0 saturated heterocycles. The maximum absolute atomic E-state index is 13.0. The zero-order chi connectivity index (χ0) is 26.9. The van der Waals surface area contributed by atoms with E-state index < -0.39 is 0 Å².